The Balaban J connectivity index is 1.78. The van der Waals surface area contributed by atoms with Crippen molar-refractivity contribution >= 4 is 11.6 Å². The summed E-state index contributed by atoms with van der Waals surface area (Å²) in [6.45, 7) is 2.97. The topological polar surface area (TPSA) is 59.6 Å². The molecule has 6 nitrogen and oxygen atoms in total. The number of likely N-dealkylation sites (N-methyl/N-ethyl adjacent to an activating group) is 1. The van der Waals surface area contributed by atoms with Gasteiger partial charge in [-0.2, -0.15) is 0 Å². The molecule has 0 radical (unpaired) electrons. The lowest BCUT2D eigenvalue weighted by molar-refractivity contribution is -0.132. The largest absolute Gasteiger partial charge is 0.350 e. The maximum Gasteiger partial charge on any atom is 0.350 e. The lowest BCUT2D eigenvalue weighted by atomic mass is 10.2. The number of carbonyl (C=O) groups is 1. The van der Waals surface area contributed by atoms with Gasteiger partial charge in [0.15, 0.2) is 5.65 Å². The van der Waals surface area contributed by atoms with E-state index in [4.69, 9.17) is 0 Å². The molecule has 0 aliphatic rings. The molecule has 118 valence electrons. The molecule has 1 aromatic carbocycles. The Kier molecular flexibility index (Phi) is 4.23. The van der Waals surface area contributed by atoms with Crippen molar-refractivity contribution in [3.63, 3.8) is 0 Å². The summed E-state index contributed by atoms with van der Waals surface area (Å²) in [5, 5.41) is 4.20. The third-order valence-corrected chi connectivity index (χ3v) is 3.72. The van der Waals surface area contributed by atoms with Gasteiger partial charge in [0, 0.05) is 19.3 Å². The third kappa shape index (κ3) is 3.15. The summed E-state index contributed by atoms with van der Waals surface area (Å²) >= 11 is 0. The molecule has 0 saturated carbocycles. The summed E-state index contributed by atoms with van der Waals surface area (Å²) in [5.41, 5.74) is 1.30. The van der Waals surface area contributed by atoms with Crippen LogP contribution in [-0.4, -0.2) is 31.5 Å². The average Bonchev–Trinajstić information content (AvgIpc) is 2.90. The zero-order valence-corrected chi connectivity index (χ0v) is 12.9. The molecule has 0 atom stereocenters. The minimum atomic E-state index is -0.301. The Labute approximate surface area is 133 Å². The highest BCUT2D eigenvalue weighted by molar-refractivity contribution is 5.75. The SMILES string of the molecule is CCN(Cc1ccccc1)C(=O)Cn1nc2ccccn2c1=O. The number of hydrogen-bond donors (Lipinski definition) is 0. The third-order valence-electron chi connectivity index (χ3n) is 3.72. The standard InChI is InChI=1S/C17H18N4O2/c1-2-19(12-14-8-4-3-5-9-14)16(22)13-21-17(23)20-11-7-6-10-15(20)18-21/h3-11H,2,12-13H2,1H3. The van der Waals surface area contributed by atoms with Crippen LogP contribution in [0.3, 0.4) is 0 Å². The lowest BCUT2D eigenvalue weighted by Crippen LogP contribution is -2.36. The quantitative estimate of drug-likeness (QED) is 0.718. The number of rotatable bonds is 5. The van der Waals surface area contributed by atoms with Crippen LogP contribution < -0.4 is 5.69 Å². The zero-order valence-electron chi connectivity index (χ0n) is 12.9. The van der Waals surface area contributed by atoms with Crippen LogP contribution in [0.2, 0.25) is 0 Å². The van der Waals surface area contributed by atoms with Gasteiger partial charge in [-0.3, -0.25) is 9.20 Å². The molecule has 0 aliphatic heterocycles. The van der Waals surface area contributed by atoms with Gasteiger partial charge in [-0.25, -0.2) is 9.48 Å². The summed E-state index contributed by atoms with van der Waals surface area (Å²) in [5.74, 6) is -0.123. The first-order chi connectivity index (χ1) is 11.2. The van der Waals surface area contributed by atoms with Gasteiger partial charge in [-0.15, -0.1) is 5.10 Å². The maximum atomic E-state index is 12.5. The van der Waals surface area contributed by atoms with Crippen LogP contribution in [0.5, 0.6) is 0 Å². The van der Waals surface area contributed by atoms with Gasteiger partial charge >= 0.3 is 5.69 Å². The average molecular weight is 310 g/mol. The minimum absolute atomic E-state index is 0.0544. The van der Waals surface area contributed by atoms with Gasteiger partial charge in [0.25, 0.3) is 0 Å². The van der Waals surface area contributed by atoms with Crippen LogP contribution in [0, 0.1) is 0 Å². The smallest absolute Gasteiger partial charge is 0.337 e. The first-order valence-electron chi connectivity index (χ1n) is 7.55. The molecule has 23 heavy (non-hydrogen) atoms. The van der Waals surface area contributed by atoms with Crippen LogP contribution in [-0.2, 0) is 17.9 Å². The van der Waals surface area contributed by atoms with Gasteiger partial charge in [-0.05, 0) is 24.6 Å². The molecular weight excluding hydrogens is 292 g/mol. The number of amides is 1. The molecule has 0 fully saturated rings. The summed E-state index contributed by atoms with van der Waals surface area (Å²) in [7, 11) is 0. The highest BCUT2D eigenvalue weighted by Gasteiger charge is 2.16. The number of benzene rings is 1. The van der Waals surface area contributed by atoms with Crippen LogP contribution in [0.1, 0.15) is 12.5 Å². The molecule has 1 amide bonds. The molecule has 3 aromatic rings. The number of nitrogens with zero attached hydrogens (tertiary/aromatic N) is 4. The van der Waals surface area contributed by atoms with E-state index in [1.807, 2.05) is 43.3 Å². The van der Waals surface area contributed by atoms with Crippen molar-refractivity contribution in [2.75, 3.05) is 6.54 Å². The predicted octanol–water partition coefficient (Wildman–Crippen LogP) is 1.54. The van der Waals surface area contributed by atoms with Gasteiger partial charge in [0.2, 0.25) is 5.91 Å². The molecule has 6 heteroatoms. The second-order valence-corrected chi connectivity index (χ2v) is 5.26. The Bertz CT molecular complexity index is 867. The van der Waals surface area contributed by atoms with Gasteiger partial charge in [-0.1, -0.05) is 36.4 Å². The molecule has 2 heterocycles. The van der Waals surface area contributed by atoms with Gasteiger partial charge < -0.3 is 4.90 Å². The van der Waals surface area contributed by atoms with Crippen molar-refractivity contribution in [3.8, 4) is 0 Å². The van der Waals surface area contributed by atoms with E-state index < -0.39 is 0 Å². The summed E-state index contributed by atoms with van der Waals surface area (Å²) in [6, 6.07) is 15.1. The fourth-order valence-electron chi connectivity index (χ4n) is 2.48. The Hall–Kier alpha value is -2.89. The van der Waals surface area contributed by atoms with E-state index in [1.165, 1.54) is 9.08 Å². The van der Waals surface area contributed by atoms with Crippen LogP contribution in [0.15, 0.2) is 59.5 Å². The molecule has 0 spiro atoms. The van der Waals surface area contributed by atoms with Crippen LogP contribution >= 0.6 is 0 Å². The van der Waals surface area contributed by atoms with Crippen molar-refractivity contribution < 1.29 is 4.79 Å². The number of fused-ring (bicyclic) bond motifs is 1. The van der Waals surface area contributed by atoms with Gasteiger partial charge in [0.1, 0.15) is 6.54 Å². The van der Waals surface area contributed by atoms with E-state index in [0.29, 0.717) is 18.7 Å². The minimum Gasteiger partial charge on any atom is -0.337 e. The fourth-order valence-corrected chi connectivity index (χ4v) is 2.48. The van der Waals surface area contributed by atoms with Crippen molar-refractivity contribution in [1.82, 2.24) is 19.1 Å². The molecule has 3 rings (SSSR count). The van der Waals surface area contributed by atoms with E-state index in [2.05, 4.69) is 5.10 Å². The van der Waals surface area contributed by atoms with E-state index in [0.717, 1.165) is 5.56 Å². The van der Waals surface area contributed by atoms with Crippen molar-refractivity contribution in [2.45, 2.75) is 20.0 Å². The Morgan fingerprint density at radius 2 is 1.87 bits per heavy atom. The molecule has 0 aliphatic carbocycles. The summed E-state index contributed by atoms with van der Waals surface area (Å²) in [4.78, 5) is 26.4. The van der Waals surface area contributed by atoms with Crippen LogP contribution in [0.25, 0.3) is 5.65 Å². The molecule has 0 bridgehead atoms. The second-order valence-electron chi connectivity index (χ2n) is 5.26. The second kappa shape index (κ2) is 6.48. The van der Waals surface area contributed by atoms with E-state index >= 15 is 0 Å². The molecule has 0 N–H and O–H groups in total. The van der Waals surface area contributed by atoms with Gasteiger partial charge in [0.05, 0.1) is 0 Å². The lowest BCUT2D eigenvalue weighted by Gasteiger charge is -2.20. The Morgan fingerprint density at radius 3 is 2.57 bits per heavy atom. The molecule has 0 saturated heterocycles. The monoisotopic (exact) mass is 310 g/mol. The highest BCUT2D eigenvalue weighted by Crippen LogP contribution is 2.05. The zero-order chi connectivity index (χ0) is 16.2. The normalized spacial score (nSPS) is 10.8. The first-order valence-corrected chi connectivity index (χ1v) is 7.55. The maximum absolute atomic E-state index is 12.5. The first kappa shape index (κ1) is 15.0. The van der Waals surface area contributed by atoms with E-state index in [1.54, 1.807) is 23.2 Å². The van der Waals surface area contributed by atoms with Crippen molar-refractivity contribution in [1.29, 1.82) is 0 Å². The van der Waals surface area contributed by atoms with Crippen molar-refractivity contribution in [3.05, 3.63) is 70.8 Å². The Morgan fingerprint density at radius 1 is 1.13 bits per heavy atom. The summed E-state index contributed by atoms with van der Waals surface area (Å²) in [6.07, 6.45) is 1.65. The van der Waals surface area contributed by atoms with Crippen molar-refractivity contribution in [2.24, 2.45) is 0 Å². The van der Waals surface area contributed by atoms with Crippen LogP contribution in [0.4, 0.5) is 0 Å². The fraction of sp³-hybridized carbons (Fsp3) is 0.235. The molecule has 2 aromatic heterocycles. The number of hydrogen-bond acceptors (Lipinski definition) is 3. The molecule has 0 unspecified atom stereocenters. The highest BCUT2D eigenvalue weighted by atomic mass is 16.2. The van der Waals surface area contributed by atoms with E-state index in [9.17, 15) is 9.59 Å². The van der Waals surface area contributed by atoms with E-state index in [-0.39, 0.29) is 18.1 Å². The number of carbonyl (C=O) groups excluding carboxylic acids is 1. The predicted molar refractivity (Wildman–Crippen MR) is 87.0 cm³/mol. The molecular formula is C17H18N4O2. The number of pyridine rings is 1. The summed E-state index contributed by atoms with van der Waals surface area (Å²) < 4.78 is 2.64. The number of aromatic nitrogens is 3.